The van der Waals surface area contributed by atoms with Gasteiger partial charge in [0, 0.05) is 7.11 Å². The van der Waals surface area contributed by atoms with E-state index in [9.17, 15) is 4.79 Å². The molecule has 0 heterocycles. The van der Waals surface area contributed by atoms with Gasteiger partial charge in [-0.3, -0.25) is 4.79 Å². The first kappa shape index (κ1) is 10.3. The summed E-state index contributed by atoms with van der Waals surface area (Å²) in [6.07, 6.45) is 1.63. The monoisotopic (exact) mass is 184 g/mol. The number of hydrogen-bond acceptors (Lipinski definition) is 3. The lowest BCUT2D eigenvalue weighted by atomic mass is 9.97. The third kappa shape index (κ3) is 2.31. The first-order valence-corrected chi connectivity index (χ1v) is 4.42. The minimum absolute atomic E-state index is 0.0440. The first-order valence-electron chi connectivity index (χ1n) is 4.42. The number of ether oxygens (including phenoxy) is 2. The molecule has 1 aliphatic rings. The summed E-state index contributed by atoms with van der Waals surface area (Å²) in [5, 5.41) is 0. The Hall–Kier alpha value is -0.830. The molecular formula is C10H16O3. The van der Waals surface area contributed by atoms with Crippen LogP contribution in [0, 0.1) is 11.8 Å². The molecule has 0 unspecified atom stereocenters. The summed E-state index contributed by atoms with van der Waals surface area (Å²) < 4.78 is 9.77. The molecule has 2 atom stereocenters. The van der Waals surface area contributed by atoms with E-state index in [2.05, 4.69) is 6.58 Å². The molecule has 0 aromatic heterocycles. The predicted molar refractivity (Wildman–Crippen MR) is 49.2 cm³/mol. The predicted octanol–water partition coefficient (Wildman–Crippen LogP) is 1.39. The van der Waals surface area contributed by atoms with Crippen LogP contribution in [-0.4, -0.2) is 26.8 Å². The van der Waals surface area contributed by atoms with Crippen LogP contribution in [0.3, 0.4) is 0 Å². The summed E-state index contributed by atoms with van der Waals surface area (Å²) in [7, 11) is 3.07. The SMILES string of the molecule is C=C1C[C@H](COC)[C@@H](C(=O)OC)C1. The zero-order valence-electron chi connectivity index (χ0n) is 8.21. The Kier molecular flexibility index (Phi) is 3.48. The van der Waals surface area contributed by atoms with E-state index in [1.165, 1.54) is 7.11 Å². The fraction of sp³-hybridized carbons (Fsp3) is 0.700. The van der Waals surface area contributed by atoms with Crippen LogP contribution in [-0.2, 0) is 14.3 Å². The smallest absolute Gasteiger partial charge is 0.309 e. The molecule has 74 valence electrons. The number of carbonyl (C=O) groups excluding carboxylic acids is 1. The van der Waals surface area contributed by atoms with Crippen molar-refractivity contribution >= 4 is 5.97 Å². The normalized spacial score (nSPS) is 27.7. The van der Waals surface area contributed by atoms with Crippen LogP contribution < -0.4 is 0 Å². The van der Waals surface area contributed by atoms with Crippen molar-refractivity contribution in [3.8, 4) is 0 Å². The quantitative estimate of drug-likeness (QED) is 0.491. The third-order valence-corrected chi connectivity index (χ3v) is 2.51. The second kappa shape index (κ2) is 4.42. The van der Waals surface area contributed by atoms with Gasteiger partial charge < -0.3 is 9.47 Å². The Labute approximate surface area is 78.7 Å². The maximum absolute atomic E-state index is 11.3. The standard InChI is InChI=1S/C10H16O3/c1-7-4-8(6-12-2)9(5-7)10(11)13-3/h8-9H,1,4-6H2,2-3H3/t8-,9+/m1/s1. The van der Waals surface area contributed by atoms with E-state index in [0.717, 1.165) is 18.4 Å². The van der Waals surface area contributed by atoms with Gasteiger partial charge in [0.15, 0.2) is 0 Å². The number of esters is 1. The second-order valence-electron chi connectivity index (χ2n) is 3.50. The zero-order chi connectivity index (χ0) is 9.84. The molecule has 1 fully saturated rings. The Morgan fingerprint density at radius 1 is 1.54 bits per heavy atom. The van der Waals surface area contributed by atoms with Gasteiger partial charge in [-0.05, 0) is 18.8 Å². The Bertz CT molecular complexity index is 210. The van der Waals surface area contributed by atoms with Crippen LogP contribution in [0.5, 0.6) is 0 Å². The summed E-state index contributed by atoms with van der Waals surface area (Å²) in [6, 6.07) is 0. The van der Waals surface area contributed by atoms with E-state index in [4.69, 9.17) is 9.47 Å². The van der Waals surface area contributed by atoms with Crippen molar-refractivity contribution in [2.75, 3.05) is 20.8 Å². The van der Waals surface area contributed by atoms with Gasteiger partial charge in [-0.25, -0.2) is 0 Å². The fourth-order valence-electron chi connectivity index (χ4n) is 1.89. The maximum Gasteiger partial charge on any atom is 0.309 e. The first-order chi connectivity index (χ1) is 6.19. The molecule has 1 aliphatic carbocycles. The van der Waals surface area contributed by atoms with E-state index in [-0.39, 0.29) is 17.8 Å². The average Bonchev–Trinajstić information content (AvgIpc) is 2.46. The lowest BCUT2D eigenvalue weighted by molar-refractivity contribution is -0.147. The molecule has 0 bridgehead atoms. The van der Waals surface area contributed by atoms with Crippen molar-refractivity contribution in [3.63, 3.8) is 0 Å². The average molecular weight is 184 g/mol. The number of allylic oxidation sites excluding steroid dienone is 1. The van der Waals surface area contributed by atoms with Gasteiger partial charge in [0.2, 0.25) is 0 Å². The van der Waals surface area contributed by atoms with E-state index >= 15 is 0 Å². The van der Waals surface area contributed by atoms with Gasteiger partial charge in [0.25, 0.3) is 0 Å². The summed E-state index contributed by atoms with van der Waals surface area (Å²) in [5.41, 5.74) is 1.12. The number of rotatable bonds is 3. The van der Waals surface area contributed by atoms with E-state index in [1.54, 1.807) is 7.11 Å². The van der Waals surface area contributed by atoms with Crippen molar-refractivity contribution in [2.24, 2.45) is 11.8 Å². The van der Waals surface area contributed by atoms with Gasteiger partial charge >= 0.3 is 5.97 Å². The van der Waals surface area contributed by atoms with Crippen molar-refractivity contribution in [1.82, 2.24) is 0 Å². The summed E-state index contributed by atoms with van der Waals surface area (Å²) >= 11 is 0. The lowest BCUT2D eigenvalue weighted by Gasteiger charge is -2.15. The second-order valence-corrected chi connectivity index (χ2v) is 3.50. The lowest BCUT2D eigenvalue weighted by Crippen LogP contribution is -2.23. The molecule has 0 saturated heterocycles. The molecule has 0 aromatic rings. The number of hydrogen-bond donors (Lipinski definition) is 0. The van der Waals surface area contributed by atoms with Crippen LogP contribution in [0.2, 0.25) is 0 Å². The van der Waals surface area contributed by atoms with Gasteiger partial charge in [-0.15, -0.1) is 0 Å². The molecular weight excluding hydrogens is 168 g/mol. The molecule has 0 amide bonds. The van der Waals surface area contributed by atoms with E-state index < -0.39 is 0 Å². The number of carbonyl (C=O) groups is 1. The molecule has 0 spiro atoms. The minimum atomic E-state index is -0.138. The number of methoxy groups -OCH3 is 2. The Balaban J connectivity index is 2.60. The van der Waals surface area contributed by atoms with Gasteiger partial charge in [-0.1, -0.05) is 12.2 Å². The summed E-state index contributed by atoms with van der Waals surface area (Å²) in [5.74, 6) is 0.0723. The van der Waals surface area contributed by atoms with Crippen molar-refractivity contribution in [2.45, 2.75) is 12.8 Å². The van der Waals surface area contributed by atoms with Gasteiger partial charge in [-0.2, -0.15) is 0 Å². The van der Waals surface area contributed by atoms with Crippen LogP contribution in [0.1, 0.15) is 12.8 Å². The zero-order valence-corrected chi connectivity index (χ0v) is 8.21. The van der Waals surface area contributed by atoms with Crippen LogP contribution in [0.4, 0.5) is 0 Å². The topological polar surface area (TPSA) is 35.5 Å². The van der Waals surface area contributed by atoms with Crippen molar-refractivity contribution < 1.29 is 14.3 Å². The van der Waals surface area contributed by atoms with Crippen LogP contribution >= 0.6 is 0 Å². The highest BCUT2D eigenvalue weighted by Gasteiger charge is 2.35. The molecule has 13 heavy (non-hydrogen) atoms. The largest absolute Gasteiger partial charge is 0.469 e. The minimum Gasteiger partial charge on any atom is -0.469 e. The molecule has 0 aromatic carbocycles. The van der Waals surface area contributed by atoms with Crippen molar-refractivity contribution in [1.29, 1.82) is 0 Å². The highest BCUT2D eigenvalue weighted by molar-refractivity contribution is 5.73. The third-order valence-electron chi connectivity index (χ3n) is 2.51. The van der Waals surface area contributed by atoms with Crippen molar-refractivity contribution in [3.05, 3.63) is 12.2 Å². The maximum atomic E-state index is 11.3. The summed E-state index contributed by atoms with van der Waals surface area (Å²) in [6.45, 7) is 4.50. The van der Waals surface area contributed by atoms with E-state index in [0.29, 0.717) is 6.61 Å². The molecule has 3 heteroatoms. The molecule has 0 aliphatic heterocycles. The Morgan fingerprint density at radius 2 is 2.23 bits per heavy atom. The highest BCUT2D eigenvalue weighted by atomic mass is 16.5. The fourth-order valence-corrected chi connectivity index (χ4v) is 1.89. The molecule has 3 nitrogen and oxygen atoms in total. The van der Waals surface area contributed by atoms with E-state index in [1.807, 2.05) is 0 Å². The molecule has 1 rings (SSSR count). The van der Waals surface area contributed by atoms with Crippen LogP contribution in [0.15, 0.2) is 12.2 Å². The molecule has 0 N–H and O–H groups in total. The highest BCUT2D eigenvalue weighted by Crippen LogP contribution is 2.35. The molecule has 1 saturated carbocycles. The van der Waals surface area contributed by atoms with Gasteiger partial charge in [0.1, 0.15) is 0 Å². The van der Waals surface area contributed by atoms with Crippen LogP contribution in [0.25, 0.3) is 0 Å². The molecule has 0 radical (unpaired) electrons. The Morgan fingerprint density at radius 3 is 2.77 bits per heavy atom. The summed E-state index contributed by atoms with van der Waals surface area (Å²) in [4.78, 5) is 11.3. The van der Waals surface area contributed by atoms with Gasteiger partial charge in [0.05, 0.1) is 19.6 Å².